The molecular formula is C9H12F3N3S. The summed E-state index contributed by atoms with van der Waals surface area (Å²) in [5, 5.41) is 0.601. The molecule has 0 unspecified atom stereocenters. The molecule has 0 radical (unpaired) electrons. The maximum Gasteiger partial charge on any atom is 0.395 e. The average molecular weight is 251 g/mol. The summed E-state index contributed by atoms with van der Waals surface area (Å²) in [6.45, 7) is 3.94. The van der Waals surface area contributed by atoms with E-state index in [2.05, 4.69) is 9.36 Å². The Morgan fingerprint density at radius 1 is 1.38 bits per heavy atom. The highest BCUT2D eigenvalue weighted by atomic mass is 32.1. The molecule has 0 amide bonds. The summed E-state index contributed by atoms with van der Waals surface area (Å²) in [5.74, 6) is -0.293. The van der Waals surface area contributed by atoms with E-state index in [4.69, 9.17) is 0 Å². The molecule has 16 heavy (non-hydrogen) atoms. The molecule has 0 aromatic carbocycles. The molecule has 0 atom stereocenters. The minimum absolute atomic E-state index is 0.0101. The van der Waals surface area contributed by atoms with Crippen molar-refractivity contribution >= 4 is 16.7 Å². The first-order valence-electron chi connectivity index (χ1n) is 5.03. The largest absolute Gasteiger partial charge is 0.395 e. The van der Waals surface area contributed by atoms with Gasteiger partial charge in [-0.05, 0) is 0 Å². The average Bonchev–Trinajstić information content (AvgIpc) is 2.46. The van der Waals surface area contributed by atoms with Gasteiger partial charge in [0.05, 0.1) is 5.92 Å². The van der Waals surface area contributed by atoms with E-state index in [1.165, 1.54) is 11.5 Å². The minimum Gasteiger partial charge on any atom is -0.345 e. The normalized spacial score (nSPS) is 18.0. The second-order valence-corrected chi connectivity index (χ2v) is 4.96. The Labute approximate surface area is 95.5 Å². The van der Waals surface area contributed by atoms with Crippen LogP contribution in [0, 0.1) is 5.92 Å². The fourth-order valence-electron chi connectivity index (χ4n) is 1.43. The van der Waals surface area contributed by atoms with Gasteiger partial charge in [0.15, 0.2) is 0 Å². The van der Waals surface area contributed by atoms with E-state index in [1.54, 1.807) is 4.90 Å². The highest BCUT2D eigenvalue weighted by molar-refractivity contribution is 7.09. The van der Waals surface area contributed by atoms with Crippen molar-refractivity contribution < 1.29 is 13.2 Å². The molecule has 0 bridgehead atoms. The number of nitrogens with zero attached hydrogens (tertiary/aromatic N) is 3. The maximum atomic E-state index is 12.3. The Morgan fingerprint density at radius 3 is 2.44 bits per heavy atom. The standard InChI is InChI=1S/C9H12F3N3S/c1-5(2)7-13-8(16-14-7)15-3-6(4-15)9(10,11)12/h5-6H,3-4H2,1-2H3. The fourth-order valence-corrected chi connectivity index (χ4v) is 2.26. The first-order valence-corrected chi connectivity index (χ1v) is 5.80. The molecule has 1 aliphatic heterocycles. The Bertz CT molecular complexity index is 368. The predicted octanol–water partition coefficient (Wildman–Crippen LogP) is 2.66. The summed E-state index contributed by atoms with van der Waals surface area (Å²) < 4.78 is 40.9. The third kappa shape index (κ3) is 2.14. The number of rotatable bonds is 2. The van der Waals surface area contributed by atoms with Crippen LogP contribution in [0.25, 0.3) is 0 Å². The molecule has 7 heteroatoms. The lowest BCUT2D eigenvalue weighted by Crippen LogP contribution is -2.53. The van der Waals surface area contributed by atoms with Crippen molar-refractivity contribution in [2.75, 3.05) is 18.0 Å². The van der Waals surface area contributed by atoms with Crippen molar-refractivity contribution in [1.29, 1.82) is 0 Å². The van der Waals surface area contributed by atoms with Gasteiger partial charge in [-0.3, -0.25) is 0 Å². The first kappa shape index (κ1) is 11.6. The lowest BCUT2D eigenvalue weighted by atomic mass is 10.0. The quantitative estimate of drug-likeness (QED) is 0.809. The van der Waals surface area contributed by atoms with Crippen molar-refractivity contribution in [2.24, 2.45) is 5.92 Å². The molecular weight excluding hydrogens is 239 g/mol. The number of alkyl halides is 3. The lowest BCUT2D eigenvalue weighted by molar-refractivity contribution is -0.180. The molecule has 2 heterocycles. The smallest absolute Gasteiger partial charge is 0.345 e. The van der Waals surface area contributed by atoms with Crippen LogP contribution in [-0.4, -0.2) is 28.6 Å². The summed E-state index contributed by atoms with van der Waals surface area (Å²) in [6, 6.07) is 0. The van der Waals surface area contributed by atoms with Crippen molar-refractivity contribution in [2.45, 2.75) is 25.9 Å². The molecule has 1 aromatic rings. The van der Waals surface area contributed by atoms with Gasteiger partial charge in [-0.25, -0.2) is 4.98 Å². The third-order valence-corrected chi connectivity index (χ3v) is 3.35. The van der Waals surface area contributed by atoms with Crippen LogP contribution in [0.4, 0.5) is 18.3 Å². The number of halogens is 3. The van der Waals surface area contributed by atoms with Crippen LogP contribution in [0.5, 0.6) is 0 Å². The fraction of sp³-hybridized carbons (Fsp3) is 0.778. The molecule has 1 fully saturated rings. The molecule has 1 aliphatic rings. The van der Waals surface area contributed by atoms with E-state index in [9.17, 15) is 13.2 Å². The van der Waals surface area contributed by atoms with Gasteiger partial charge in [0.25, 0.3) is 0 Å². The Hall–Kier alpha value is -0.850. The first-order chi connectivity index (χ1) is 7.38. The zero-order chi connectivity index (χ0) is 11.9. The molecule has 0 aliphatic carbocycles. The van der Waals surface area contributed by atoms with Gasteiger partial charge in [-0.2, -0.15) is 17.5 Å². The molecule has 2 rings (SSSR count). The van der Waals surface area contributed by atoms with Crippen LogP contribution in [-0.2, 0) is 0 Å². The number of aromatic nitrogens is 2. The molecule has 3 nitrogen and oxygen atoms in total. The van der Waals surface area contributed by atoms with Crippen molar-refractivity contribution in [3.8, 4) is 0 Å². The maximum absolute atomic E-state index is 12.3. The monoisotopic (exact) mass is 251 g/mol. The number of anilines is 1. The van der Waals surface area contributed by atoms with E-state index in [0.29, 0.717) is 11.0 Å². The summed E-state index contributed by atoms with van der Waals surface area (Å²) in [5.41, 5.74) is 0. The van der Waals surface area contributed by atoms with Crippen LogP contribution in [0.15, 0.2) is 0 Å². The molecule has 0 N–H and O–H groups in total. The Kier molecular flexibility index (Phi) is 2.81. The van der Waals surface area contributed by atoms with Crippen LogP contribution >= 0.6 is 11.5 Å². The molecule has 1 aromatic heterocycles. The van der Waals surface area contributed by atoms with Gasteiger partial charge in [0.1, 0.15) is 5.82 Å². The lowest BCUT2D eigenvalue weighted by Gasteiger charge is -2.39. The van der Waals surface area contributed by atoms with E-state index >= 15 is 0 Å². The van der Waals surface area contributed by atoms with Gasteiger partial charge in [-0.1, -0.05) is 13.8 Å². The molecule has 90 valence electrons. The molecule has 1 saturated heterocycles. The van der Waals surface area contributed by atoms with Crippen LogP contribution < -0.4 is 4.90 Å². The number of hydrogen-bond acceptors (Lipinski definition) is 4. The highest BCUT2D eigenvalue weighted by Crippen LogP contribution is 2.36. The van der Waals surface area contributed by atoms with Gasteiger partial charge in [0.2, 0.25) is 5.13 Å². The summed E-state index contributed by atoms with van der Waals surface area (Å²) in [7, 11) is 0. The Morgan fingerprint density at radius 2 is 2.00 bits per heavy atom. The van der Waals surface area contributed by atoms with E-state index in [-0.39, 0.29) is 19.0 Å². The third-order valence-electron chi connectivity index (χ3n) is 2.56. The van der Waals surface area contributed by atoms with Crippen molar-refractivity contribution in [3.05, 3.63) is 5.82 Å². The van der Waals surface area contributed by atoms with E-state index in [1.807, 2.05) is 13.8 Å². The van der Waals surface area contributed by atoms with Gasteiger partial charge in [0, 0.05) is 30.5 Å². The van der Waals surface area contributed by atoms with Crippen molar-refractivity contribution in [3.63, 3.8) is 0 Å². The minimum atomic E-state index is -4.08. The zero-order valence-corrected chi connectivity index (χ0v) is 9.77. The zero-order valence-electron chi connectivity index (χ0n) is 8.95. The number of hydrogen-bond donors (Lipinski definition) is 0. The second-order valence-electron chi connectivity index (χ2n) is 4.23. The summed E-state index contributed by atoms with van der Waals surface area (Å²) in [6.07, 6.45) is -4.08. The predicted molar refractivity (Wildman–Crippen MR) is 55.8 cm³/mol. The summed E-state index contributed by atoms with van der Waals surface area (Å²) >= 11 is 1.17. The van der Waals surface area contributed by atoms with Crippen LogP contribution in [0.3, 0.4) is 0 Å². The van der Waals surface area contributed by atoms with Crippen LogP contribution in [0.1, 0.15) is 25.6 Å². The SMILES string of the molecule is CC(C)c1nsc(N2CC(C(F)(F)F)C2)n1. The van der Waals surface area contributed by atoms with Crippen LogP contribution in [0.2, 0.25) is 0 Å². The van der Waals surface area contributed by atoms with Gasteiger partial charge >= 0.3 is 6.18 Å². The van der Waals surface area contributed by atoms with Gasteiger partial charge < -0.3 is 4.90 Å². The second kappa shape index (κ2) is 3.87. The van der Waals surface area contributed by atoms with E-state index < -0.39 is 12.1 Å². The van der Waals surface area contributed by atoms with Crippen molar-refractivity contribution in [1.82, 2.24) is 9.36 Å². The Balaban J connectivity index is 1.96. The van der Waals surface area contributed by atoms with Gasteiger partial charge in [-0.15, -0.1) is 0 Å². The summed E-state index contributed by atoms with van der Waals surface area (Å²) in [4.78, 5) is 5.84. The van der Waals surface area contributed by atoms with E-state index in [0.717, 1.165) is 0 Å². The highest BCUT2D eigenvalue weighted by Gasteiger charge is 2.47. The molecule has 0 saturated carbocycles. The molecule has 0 spiro atoms. The topological polar surface area (TPSA) is 29.0 Å².